The van der Waals surface area contributed by atoms with Gasteiger partial charge in [0.1, 0.15) is 10.8 Å². The van der Waals surface area contributed by atoms with Crippen LogP contribution in [0.2, 0.25) is 0 Å². The first-order valence-corrected chi connectivity index (χ1v) is 9.57. The van der Waals surface area contributed by atoms with Crippen LogP contribution in [-0.2, 0) is 4.79 Å². The van der Waals surface area contributed by atoms with E-state index >= 15 is 0 Å². The maximum Gasteiger partial charge on any atom is 0.234 e. The van der Waals surface area contributed by atoms with Crippen LogP contribution >= 0.6 is 11.8 Å². The van der Waals surface area contributed by atoms with Crippen molar-refractivity contribution in [2.75, 3.05) is 18.2 Å². The van der Waals surface area contributed by atoms with Crippen LogP contribution in [-0.4, -0.2) is 38.6 Å². The molecule has 2 aromatic heterocycles. The first kappa shape index (κ1) is 18.0. The summed E-state index contributed by atoms with van der Waals surface area (Å²) in [6, 6.07) is 20.7. The van der Waals surface area contributed by atoms with Crippen molar-refractivity contribution >= 4 is 29.0 Å². The Kier molecular flexibility index (Phi) is 5.20. The average Bonchev–Trinajstić information content (AvgIpc) is 3.16. The number of amides is 1. The third kappa shape index (κ3) is 3.81. The molecule has 0 unspecified atom stereocenters. The van der Waals surface area contributed by atoms with E-state index in [4.69, 9.17) is 4.74 Å². The van der Waals surface area contributed by atoms with E-state index in [9.17, 15) is 4.79 Å². The molecule has 7 nitrogen and oxygen atoms in total. The standard InChI is InChI=1S/C20H17N5O2S/c1-27-16-10-6-5-9-15(16)21-18(26)13-28-19-12-11-17-22-23-20(25(17)24-19)14-7-3-2-4-8-14/h2-12H,13H2,1H3,(H,21,26). The molecule has 1 amide bonds. The van der Waals surface area contributed by atoms with Gasteiger partial charge in [-0.2, -0.15) is 9.61 Å². The van der Waals surface area contributed by atoms with Crippen molar-refractivity contribution in [1.82, 2.24) is 19.8 Å². The zero-order valence-electron chi connectivity index (χ0n) is 15.1. The van der Waals surface area contributed by atoms with Gasteiger partial charge in [-0.15, -0.1) is 10.2 Å². The van der Waals surface area contributed by atoms with Gasteiger partial charge in [0.2, 0.25) is 5.91 Å². The number of carbonyl (C=O) groups is 1. The molecule has 0 aliphatic heterocycles. The number of nitrogens with one attached hydrogen (secondary N) is 1. The summed E-state index contributed by atoms with van der Waals surface area (Å²) in [6.07, 6.45) is 0. The fourth-order valence-electron chi connectivity index (χ4n) is 2.69. The molecule has 0 saturated carbocycles. The number of benzene rings is 2. The lowest BCUT2D eigenvalue weighted by atomic mass is 10.2. The van der Waals surface area contributed by atoms with Crippen molar-refractivity contribution in [2.24, 2.45) is 0 Å². The predicted molar refractivity (Wildman–Crippen MR) is 109 cm³/mol. The first-order valence-electron chi connectivity index (χ1n) is 8.58. The molecule has 0 aliphatic carbocycles. The smallest absolute Gasteiger partial charge is 0.234 e. The third-order valence-electron chi connectivity index (χ3n) is 4.00. The highest BCUT2D eigenvalue weighted by Crippen LogP contribution is 2.24. The van der Waals surface area contributed by atoms with Gasteiger partial charge in [0.25, 0.3) is 0 Å². The van der Waals surface area contributed by atoms with E-state index in [0.717, 1.165) is 5.56 Å². The van der Waals surface area contributed by atoms with E-state index < -0.39 is 0 Å². The zero-order chi connectivity index (χ0) is 19.3. The van der Waals surface area contributed by atoms with Crippen LogP contribution in [0.5, 0.6) is 5.75 Å². The molecule has 0 radical (unpaired) electrons. The molecule has 0 bridgehead atoms. The number of hydrogen-bond acceptors (Lipinski definition) is 6. The monoisotopic (exact) mass is 391 g/mol. The summed E-state index contributed by atoms with van der Waals surface area (Å²) >= 11 is 1.34. The van der Waals surface area contributed by atoms with Crippen LogP contribution in [0.15, 0.2) is 71.8 Å². The normalized spacial score (nSPS) is 10.8. The number of ether oxygens (including phenoxy) is 1. The second kappa shape index (κ2) is 8.10. The number of thioether (sulfide) groups is 1. The summed E-state index contributed by atoms with van der Waals surface area (Å²) in [5.41, 5.74) is 2.23. The van der Waals surface area contributed by atoms with Crippen LogP contribution in [0.25, 0.3) is 17.0 Å². The molecular weight excluding hydrogens is 374 g/mol. The molecule has 28 heavy (non-hydrogen) atoms. The van der Waals surface area contributed by atoms with Gasteiger partial charge < -0.3 is 10.1 Å². The fraction of sp³-hybridized carbons (Fsp3) is 0.100. The number of para-hydroxylation sites is 2. The van der Waals surface area contributed by atoms with E-state index in [1.807, 2.05) is 54.6 Å². The Hall–Kier alpha value is -3.39. The number of carbonyl (C=O) groups excluding carboxylic acids is 1. The second-order valence-electron chi connectivity index (χ2n) is 5.87. The summed E-state index contributed by atoms with van der Waals surface area (Å²) < 4.78 is 6.94. The molecule has 140 valence electrons. The predicted octanol–water partition coefficient (Wildman–Crippen LogP) is 3.53. The third-order valence-corrected chi connectivity index (χ3v) is 4.92. The second-order valence-corrected chi connectivity index (χ2v) is 6.86. The molecule has 2 heterocycles. The van der Waals surface area contributed by atoms with Gasteiger partial charge in [-0.1, -0.05) is 54.2 Å². The first-order chi connectivity index (χ1) is 13.7. The largest absolute Gasteiger partial charge is 0.495 e. The molecular formula is C20H17N5O2S. The average molecular weight is 391 g/mol. The number of anilines is 1. The summed E-state index contributed by atoms with van der Waals surface area (Å²) in [5, 5.41) is 16.5. The Labute approximate surface area is 165 Å². The van der Waals surface area contributed by atoms with Gasteiger partial charge in [0.05, 0.1) is 18.6 Å². The van der Waals surface area contributed by atoms with Crippen molar-refractivity contribution in [3.63, 3.8) is 0 Å². The molecule has 8 heteroatoms. The fourth-order valence-corrected chi connectivity index (χ4v) is 3.34. The number of nitrogens with zero attached hydrogens (tertiary/aromatic N) is 4. The van der Waals surface area contributed by atoms with Gasteiger partial charge in [-0.3, -0.25) is 4.79 Å². The van der Waals surface area contributed by atoms with E-state index in [0.29, 0.717) is 27.9 Å². The number of hydrogen-bond donors (Lipinski definition) is 1. The molecule has 4 rings (SSSR count). The lowest BCUT2D eigenvalue weighted by Gasteiger charge is -2.09. The molecule has 0 fully saturated rings. The van der Waals surface area contributed by atoms with Crippen molar-refractivity contribution in [2.45, 2.75) is 5.03 Å². The molecule has 0 atom stereocenters. The van der Waals surface area contributed by atoms with Crippen LogP contribution in [0.4, 0.5) is 5.69 Å². The topological polar surface area (TPSA) is 81.4 Å². The summed E-state index contributed by atoms with van der Waals surface area (Å²) in [6.45, 7) is 0. The minimum absolute atomic E-state index is 0.136. The van der Waals surface area contributed by atoms with E-state index in [1.54, 1.807) is 23.8 Å². The minimum atomic E-state index is -0.136. The summed E-state index contributed by atoms with van der Waals surface area (Å²) in [5.74, 6) is 1.37. The molecule has 1 N–H and O–H groups in total. The highest BCUT2D eigenvalue weighted by atomic mass is 32.2. The highest BCUT2D eigenvalue weighted by Gasteiger charge is 2.12. The van der Waals surface area contributed by atoms with E-state index in [2.05, 4.69) is 20.6 Å². The van der Waals surface area contributed by atoms with Gasteiger partial charge in [-0.25, -0.2) is 0 Å². The summed E-state index contributed by atoms with van der Waals surface area (Å²) in [4.78, 5) is 12.3. The Morgan fingerprint density at radius 1 is 1.04 bits per heavy atom. The number of fused-ring (bicyclic) bond motifs is 1. The lowest BCUT2D eigenvalue weighted by molar-refractivity contribution is -0.113. The Bertz CT molecular complexity index is 1110. The van der Waals surface area contributed by atoms with Crippen LogP contribution < -0.4 is 10.1 Å². The van der Waals surface area contributed by atoms with Crippen LogP contribution in [0.1, 0.15) is 0 Å². The van der Waals surface area contributed by atoms with Crippen molar-refractivity contribution in [1.29, 1.82) is 0 Å². The van der Waals surface area contributed by atoms with Crippen LogP contribution in [0, 0.1) is 0 Å². The molecule has 0 saturated heterocycles. The van der Waals surface area contributed by atoms with Gasteiger partial charge in [-0.05, 0) is 24.3 Å². The molecule has 2 aromatic carbocycles. The van der Waals surface area contributed by atoms with Crippen molar-refractivity contribution in [3.8, 4) is 17.1 Å². The maximum atomic E-state index is 12.3. The van der Waals surface area contributed by atoms with E-state index in [-0.39, 0.29) is 11.7 Å². The zero-order valence-corrected chi connectivity index (χ0v) is 15.9. The summed E-state index contributed by atoms with van der Waals surface area (Å²) in [7, 11) is 1.57. The minimum Gasteiger partial charge on any atom is -0.495 e. The Morgan fingerprint density at radius 2 is 1.82 bits per heavy atom. The lowest BCUT2D eigenvalue weighted by Crippen LogP contribution is -2.14. The number of methoxy groups -OCH3 is 1. The maximum absolute atomic E-state index is 12.3. The van der Waals surface area contributed by atoms with Crippen molar-refractivity contribution < 1.29 is 9.53 Å². The molecule has 4 aromatic rings. The Morgan fingerprint density at radius 3 is 2.64 bits per heavy atom. The number of aromatic nitrogens is 4. The van der Waals surface area contributed by atoms with Crippen LogP contribution in [0.3, 0.4) is 0 Å². The quantitative estimate of drug-likeness (QED) is 0.507. The SMILES string of the molecule is COc1ccccc1NC(=O)CSc1ccc2nnc(-c3ccccc3)n2n1. The molecule has 0 spiro atoms. The van der Waals surface area contributed by atoms with E-state index in [1.165, 1.54) is 11.8 Å². The highest BCUT2D eigenvalue weighted by molar-refractivity contribution is 7.99. The molecule has 0 aliphatic rings. The van der Waals surface area contributed by atoms with Gasteiger partial charge >= 0.3 is 0 Å². The van der Waals surface area contributed by atoms with Gasteiger partial charge in [0.15, 0.2) is 11.5 Å². The number of rotatable bonds is 6. The van der Waals surface area contributed by atoms with Gasteiger partial charge in [0, 0.05) is 5.56 Å². The van der Waals surface area contributed by atoms with Crippen molar-refractivity contribution in [3.05, 3.63) is 66.7 Å². The Balaban J connectivity index is 1.48.